The molecule has 1 N–H and O–H groups in total. The Bertz CT molecular complexity index is 915. The maximum atomic E-state index is 13.1. The number of hydrogen-bond donors (Lipinski definition) is 1. The zero-order valence-electron chi connectivity index (χ0n) is 15.3. The maximum absolute atomic E-state index is 13.1. The number of carbonyl (C=O) groups excluding carboxylic acids is 2. The lowest BCUT2D eigenvalue weighted by atomic mass is 9.92. The van der Waals surface area contributed by atoms with Crippen LogP contribution in [0.25, 0.3) is 0 Å². The highest BCUT2D eigenvalue weighted by Crippen LogP contribution is 2.36. The van der Waals surface area contributed by atoms with Crippen LogP contribution in [0.2, 0.25) is 0 Å². The smallest absolute Gasteiger partial charge is 0.319 e. The third-order valence-electron chi connectivity index (χ3n) is 5.49. The van der Waals surface area contributed by atoms with Crippen molar-refractivity contribution in [1.29, 1.82) is 0 Å². The fourth-order valence-electron chi connectivity index (χ4n) is 3.92. The van der Waals surface area contributed by atoms with Gasteiger partial charge in [-0.25, -0.2) is 9.69 Å². The van der Waals surface area contributed by atoms with Gasteiger partial charge in [-0.2, -0.15) is 0 Å². The van der Waals surface area contributed by atoms with Gasteiger partial charge in [0, 0.05) is 29.6 Å². The quantitative estimate of drug-likeness (QED) is 0.472. The van der Waals surface area contributed by atoms with Crippen molar-refractivity contribution in [3.05, 3.63) is 62.3 Å². The molecule has 0 unspecified atom stereocenters. The van der Waals surface area contributed by atoms with Crippen LogP contribution in [0.5, 0.6) is 0 Å². The van der Waals surface area contributed by atoms with Crippen molar-refractivity contribution < 1.29 is 14.5 Å². The van der Waals surface area contributed by atoms with E-state index in [1.54, 1.807) is 18.3 Å². The van der Waals surface area contributed by atoms with E-state index < -0.39 is 16.5 Å². The number of imide groups is 1. The van der Waals surface area contributed by atoms with Crippen LogP contribution >= 0.6 is 11.3 Å². The Morgan fingerprint density at radius 3 is 2.68 bits per heavy atom. The number of amides is 3. The van der Waals surface area contributed by atoms with Gasteiger partial charge in [0.05, 0.1) is 11.6 Å². The maximum Gasteiger partial charge on any atom is 0.326 e. The number of nitrogens with zero attached hydrogens (tertiary/aromatic N) is 3. The molecule has 0 bridgehead atoms. The summed E-state index contributed by atoms with van der Waals surface area (Å²) in [5.41, 5.74) is -0.767. The van der Waals surface area contributed by atoms with E-state index in [9.17, 15) is 19.7 Å². The van der Waals surface area contributed by atoms with E-state index in [0.717, 1.165) is 19.4 Å². The molecule has 3 heterocycles. The van der Waals surface area contributed by atoms with Crippen LogP contribution in [-0.2, 0) is 10.3 Å². The van der Waals surface area contributed by atoms with E-state index in [-0.39, 0.29) is 24.3 Å². The molecular formula is C19H20N4O4S. The Morgan fingerprint density at radius 2 is 2.04 bits per heavy atom. The van der Waals surface area contributed by atoms with Gasteiger partial charge in [-0.05, 0) is 48.9 Å². The molecule has 2 atom stereocenters. The SMILES string of the molecule is C[C@@]1(c2ccc([N+](=O)[O-])cc2)NC(=O)N(CN2CCC[C@@H]2c2cccs2)C1=O. The number of urea groups is 1. The molecule has 28 heavy (non-hydrogen) atoms. The molecule has 9 heteroatoms. The largest absolute Gasteiger partial charge is 0.326 e. The lowest BCUT2D eigenvalue weighted by Crippen LogP contribution is -2.43. The first-order chi connectivity index (χ1) is 13.4. The van der Waals surface area contributed by atoms with Crippen molar-refractivity contribution in [2.24, 2.45) is 0 Å². The molecule has 1 aromatic carbocycles. The van der Waals surface area contributed by atoms with Crippen LogP contribution < -0.4 is 5.32 Å². The van der Waals surface area contributed by atoms with Gasteiger partial charge in [0.2, 0.25) is 0 Å². The average Bonchev–Trinajstić information content (AvgIpc) is 3.40. The Morgan fingerprint density at radius 1 is 1.29 bits per heavy atom. The fraction of sp³-hybridized carbons (Fsp3) is 0.368. The first kappa shape index (κ1) is 18.6. The molecule has 8 nitrogen and oxygen atoms in total. The zero-order valence-corrected chi connectivity index (χ0v) is 16.1. The van der Waals surface area contributed by atoms with E-state index in [1.165, 1.54) is 34.0 Å². The molecule has 0 radical (unpaired) electrons. The van der Waals surface area contributed by atoms with Gasteiger partial charge in [0.25, 0.3) is 11.6 Å². The van der Waals surface area contributed by atoms with Gasteiger partial charge < -0.3 is 5.32 Å². The molecule has 0 saturated carbocycles. The summed E-state index contributed by atoms with van der Waals surface area (Å²) in [7, 11) is 0. The number of benzene rings is 1. The number of thiophene rings is 1. The van der Waals surface area contributed by atoms with Crippen LogP contribution in [-0.4, -0.2) is 39.9 Å². The van der Waals surface area contributed by atoms with Gasteiger partial charge in [-0.1, -0.05) is 6.07 Å². The van der Waals surface area contributed by atoms with Crippen molar-refractivity contribution >= 4 is 29.0 Å². The summed E-state index contributed by atoms with van der Waals surface area (Å²) in [4.78, 5) is 40.7. The van der Waals surface area contributed by atoms with Crippen LogP contribution in [0.3, 0.4) is 0 Å². The fourth-order valence-corrected chi connectivity index (χ4v) is 4.81. The number of nitro groups is 1. The van der Waals surface area contributed by atoms with Gasteiger partial charge in [0.1, 0.15) is 5.54 Å². The lowest BCUT2D eigenvalue weighted by Gasteiger charge is -2.28. The van der Waals surface area contributed by atoms with Gasteiger partial charge in [-0.15, -0.1) is 11.3 Å². The third-order valence-corrected chi connectivity index (χ3v) is 6.46. The molecule has 2 aromatic rings. The highest BCUT2D eigenvalue weighted by Gasteiger charge is 2.50. The van der Waals surface area contributed by atoms with E-state index in [2.05, 4.69) is 16.3 Å². The minimum absolute atomic E-state index is 0.0585. The van der Waals surface area contributed by atoms with Crippen LogP contribution in [0.15, 0.2) is 41.8 Å². The number of nitro benzene ring substituents is 1. The van der Waals surface area contributed by atoms with E-state index in [4.69, 9.17) is 0 Å². The third kappa shape index (κ3) is 3.06. The van der Waals surface area contributed by atoms with Crippen molar-refractivity contribution in [2.45, 2.75) is 31.3 Å². The topological polar surface area (TPSA) is 95.8 Å². The molecule has 0 aliphatic carbocycles. The summed E-state index contributed by atoms with van der Waals surface area (Å²) in [6, 6.07) is 9.59. The Balaban J connectivity index is 1.54. The summed E-state index contributed by atoms with van der Waals surface area (Å²) in [6.45, 7) is 2.69. The minimum Gasteiger partial charge on any atom is -0.319 e. The van der Waals surface area contributed by atoms with Crippen molar-refractivity contribution in [1.82, 2.24) is 15.1 Å². The first-order valence-electron chi connectivity index (χ1n) is 9.06. The van der Waals surface area contributed by atoms with Crippen LogP contribution in [0, 0.1) is 10.1 Å². The molecule has 2 aliphatic rings. The second-order valence-electron chi connectivity index (χ2n) is 7.22. The predicted octanol–water partition coefficient (Wildman–Crippen LogP) is 3.22. The Hall–Kier alpha value is -2.78. The predicted molar refractivity (Wildman–Crippen MR) is 104 cm³/mol. The summed E-state index contributed by atoms with van der Waals surface area (Å²) in [6.07, 6.45) is 2.02. The summed E-state index contributed by atoms with van der Waals surface area (Å²) in [5.74, 6) is -0.344. The van der Waals surface area contributed by atoms with Crippen LogP contribution in [0.4, 0.5) is 10.5 Å². The number of nitrogens with one attached hydrogen (secondary N) is 1. The molecule has 3 amide bonds. The molecule has 2 fully saturated rings. The Kier molecular flexibility index (Phi) is 4.64. The molecule has 2 saturated heterocycles. The van der Waals surface area contributed by atoms with Crippen molar-refractivity contribution in [2.75, 3.05) is 13.2 Å². The number of hydrogen-bond acceptors (Lipinski definition) is 6. The van der Waals surface area contributed by atoms with E-state index in [1.807, 2.05) is 11.4 Å². The van der Waals surface area contributed by atoms with Crippen LogP contribution in [0.1, 0.15) is 36.2 Å². The van der Waals surface area contributed by atoms with Gasteiger partial charge >= 0.3 is 6.03 Å². The van der Waals surface area contributed by atoms with Crippen molar-refractivity contribution in [3.8, 4) is 0 Å². The summed E-state index contributed by atoms with van der Waals surface area (Å²) in [5, 5.41) is 15.7. The molecule has 1 aromatic heterocycles. The molecule has 146 valence electrons. The number of likely N-dealkylation sites (tertiary alicyclic amines) is 1. The molecule has 0 spiro atoms. The second kappa shape index (κ2) is 6.99. The highest BCUT2D eigenvalue weighted by atomic mass is 32.1. The Labute approximate surface area is 165 Å². The molecule has 2 aliphatic heterocycles. The van der Waals surface area contributed by atoms with E-state index >= 15 is 0 Å². The lowest BCUT2D eigenvalue weighted by molar-refractivity contribution is -0.384. The molecule has 4 rings (SSSR count). The summed E-state index contributed by atoms with van der Waals surface area (Å²) < 4.78 is 0. The zero-order chi connectivity index (χ0) is 19.9. The van der Waals surface area contributed by atoms with E-state index in [0.29, 0.717) is 5.56 Å². The molecular weight excluding hydrogens is 380 g/mol. The van der Waals surface area contributed by atoms with Crippen molar-refractivity contribution in [3.63, 3.8) is 0 Å². The summed E-state index contributed by atoms with van der Waals surface area (Å²) >= 11 is 1.68. The van der Waals surface area contributed by atoms with Gasteiger partial charge in [0.15, 0.2) is 0 Å². The number of carbonyl (C=O) groups is 2. The number of non-ortho nitro benzene ring substituents is 1. The first-order valence-corrected chi connectivity index (χ1v) is 9.94. The van der Waals surface area contributed by atoms with Gasteiger partial charge in [-0.3, -0.25) is 19.8 Å². The minimum atomic E-state index is -1.23. The highest BCUT2D eigenvalue weighted by molar-refractivity contribution is 7.10. The second-order valence-corrected chi connectivity index (χ2v) is 8.20. The monoisotopic (exact) mass is 400 g/mol. The normalized spacial score (nSPS) is 25.3. The average molecular weight is 400 g/mol. The standard InChI is InChI=1S/C19H20N4O4S/c1-19(13-6-8-14(9-7-13)23(26)27)17(24)22(18(25)20-19)12-21-10-2-4-15(21)16-5-3-11-28-16/h3,5-9,11,15H,2,4,10,12H2,1H3,(H,20,25)/t15-,19+/m1/s1. The number of rotatable bonds is 5.